The monoisotopic (exact) mass is 290 g/mol. The number of allylic oxidation sites excluding steroid dienone is 8. The third-order valence-corrected chi connectivity index (χ3v) is 7.71. The number of hydrogen-bond donors (Lipinski definition) is 0. The van der Waals surface area contributed by atoms with Gasteiger partial charge in [0.2, 0.25) is 0 Å². The summed E-state index contributed by atoms with van der Waals surface area (Å²) in [5.41, 5.74) is 8.56. The van der Waals surface area contributed by atoms with Crippen molar-refractivity contribution in [3.05, 3.63) is 46.1 Å². The van der Waals surface area contributed by atoms with Crippen LogP contribution in [0.25, 0.3) is 0 Å². The van der Waals surface area contributed by atoms with Gasteiger partial charge in [0, 0.05) is 17.8 Å². The summed E-state index contributed by atoms with van der Waals surface area (Å²) in [6.07, 6.45) is 14.3. The van der Waals surface area contributed by atoms with E-state index in [1.165, 1.54) is 36.8 Å². The minimum Gasteiger partial charge on any atom is -0.299 e. The van der Waals surface area contributed by atoms with E-state index in [2.05, 4.69) is 25.2 Å². The largest absolute Gasteiger partial charge is 0.299 e. The highest BCUT2D eigenvalue weighted by Crippen LogP contribution is 2.70. The summed E-state index contributed by atoms with van der Waals surface area (Å²) >= 11 is 0. The summed E-state index contributed by atoms with van der Waals surface area (Å²) in [5.74, 6) is 2.75. The van der Waals surface area contributed by atoms with E-state index in [0.29, 0.717) is 17.1 Å². The van der Waals surface area contributed by atoms with E-state index in [-0.39, 0.29) is 5.92 Å². The van der Waals surface area contributed by atoms with E-state index in [9.17, 15) is 4.79 Å². The molecule has 0 aromatic carbocycles. The number of ketones is 1. The standard InChI is InChI=1S/C21H22O/c1-11-8-17-20-13-6-7-21(17,10-13)16-4-5-18(22)15-9-12(19(11)20)2-3-14(15)16/h2-3,9,11,13,15,19H,4-8,10H2,1H3. The van der Waals surface area contributed by atoms with E-state index in [1.807, 2.05) is 11.1 Å². The summed E-state index contributed by atoms with van der Waals surface area (Å²) < 4.78 is 0. The van der Waals surface area contributed by atoms with Gasteiger partial charge < -0.3 is 0 Å². The van der Waals surface area contributed by atoms with Gasteiger partial charge in [0.1, 0.15) is 5.78 Å². The summed E-state index contributed by atoms with van der Waals surface area (Å²) in [4.78, 5) is 12.5. The van der Waals surface area contributed by atoms with Crippen LogP contribution in [0.15, 0.2) is 46.1 Å². The molecule has 1 nitrogen and oxygen atoms in total. The Kier molecular flexibility index (Phi) is 1.97. The first kappa shape index (κ1) is 12.1. The molecule has 1 heteroatoms. The van der Waals surface area contributed by atoms with Crippen LogP contribution in [-0.4, -0.2) is 5.78 Å². The number of carbonyl (C=O) groups excluding carboxylic acids is 1. The number of rotatable bonds is 0. The second-order valence-corrected chi connectivity index (χ2v) is 8.49. The van der Waals surface area contributed by atoms with E-state index >= 15 is 0 Å². The zero-order valence-electron chi connectivity index (χ0n) is 13.2. The van der Waals surface area contributed by atoms with Crippen LogP contribution in [0.4, 0.5) is 0 Å². The molecule has 1 spiro atoms. The number of fused-ring (bicyclic) bond motifs is 1. The molecule has 9 bridgehead atoms. The molecule has 1 fully saturated rings. The van der Waals surface area contributed by atoms with Crippen molar-refractivity contribution in [1.82, 2.24) is 0 Å². The predicted molar refractivity (Wildman–Crippen MR) is 86.1 cm³/mol. The Bertz CT molecular complexity index is 759. The Morgan fingerprint density at radius 3 is 3.00 bits per heavy atom. The Balaban J connectivity index is 1.72. The average molecular weight is 290 g/mol. The molecule has 0 radical (unpaired) electrons. The Hall–Kier alpha value is -1.37. The van der Waals surface area contributed by atoms with Crippen molar-refractivity contribution < 1.29 is 4.79 Å². The first-order valence-electron chi connectivity index (χ1n) is 9.08. The summed E-state index contributed by atoms with van der Waals surface area (Å²) in [6, 6.07) is 0. The molecule has 5 atom stereocenters. The average Bonchev–Trinajstić information content (AvgIpc) is 3.17. The molecule has 0 aliphatic heterocycles. The van der Waals surface area contributed by atoms with Gasteiger partial charge in [-0.05, 0) is 55.1 Å². The van der Waals surface area contributed by atoms with E-state index < -0.39 is 0 Å². The van der Waals surface area contributed by atoms with Gasteiger partial charge in [-0.2, -0.15) is 0 Å². The van der Waals surface area contributed by atoms with Crippen molar-refractivity contribution >= 4 is 5.78 Å². The van der Waals surface area contributed by atoms with E-state index in [1.54, 1.807) is 5.57 Å². The molecule has 0 heterocycles. The van der Waals surface area contributed by atoms with Crippen molar-refractivity contribution in [3.63, 3.8) is 0 Å². The Morgan fingerprint density at radius 1 is 1.18 bits per heavy atom. The van der Waals surface area contributed by atoms with Gasteiger partial charge in [-0.15, -0.1) is 0 Å². The smallest absolute Gasteiger partial charge is 0.144 e. The zero-order valence-corrected chi connectivity index (χ0v) is 13.2. The van der Waals surface area contributed by atoms with Gasteiger partial charge in [0.15, 0.2) is 0 Å². The second kappa shape index (κ2) is 3.58. The van der Waals surface area contributed by atoms with Crippen LogP contribution in [0.5, 0.6) is 0 Å². The molecule has 22 heavy (non-hydrogen) atoms. The van der Waals surface area contributed by atoms with Gasteiger partial charge in [-0.1, -0.05) is 41.9 Å². The van der Waals surface area contributed by atoms with Crippen LogP contribution in [0.2, 0.25) is 0 Å². The SMILES string of the molecule is CC1CC2=C3C4CCC2(C4)C2=C4C=CC(=CC4C(=O)CC2)C31. The number of Topliss-reactive ketones (excluding diaryl/α,β-unsaturated/α-hetero) is 1. The van der Waals surface area contributed by atoms with Gasteiger partial charge in [0.05, 0.1) is 5.92 Å². The van der Waals surface area contributed by atoms with Gasteiger partial charge in [-0.3, -0.25) is 4.79 Å². The second-order valence-electron chi connectivity index (χ2n) is 8.49. The third kappa shape index (κ3) is 1.13. The van der Waals surface area contributed by atoms with Crippen LogP contribution in [-0.2, 0) is 4.79 Å². The maximum Gasteiger partial charge on any atom is 0.144 e. The van der Waals surface area contributed by atoms with Crippen LogP contribution in [0.3, 0.4) is 0 Å². The van der Waals surface area contributed by atoms with Crippen molar-refractivity contribution in [2.75, 3.05) is 0 Å². The maximum absolute atomic E-state index is 12.5. The third-order valence-electron chi connectivity index (χ3n) is 7.71. The van der Waals surface area contributed by atoms with Crippen molar-refractivity contribution in [1.29, 1.82) is 0 Å². The molecule has 1 saturated carbocycles. The fourth-order valence-corrected chi connectivity index (χ4v) is 7.03. The van der Waals surface area contributed by atoms with Crippen LogP contribution >= 0.6 is 0 Å². The number of carbonyl (C=O) groups is 1. The van der Waals surface area contributed by atoms with Crippen molar-refractivity contribution in [2.24, 2.45) is 29.1 Å². The maximum atomic E-state index is 12.5. The number of hydrogen-bond acceptors (Lipinski definition) is 1. The first-order chi connectivity index (χ1) is 10.7. The molecule has 0 aromatic rings. The summed E-state index contributed by atoms with van der Waals surface area (Å²) in [5, 5.41) is 0. The van der Waals surface area contributed by atoms with Crippen LogP contribution < -0.4 is 0 Å². The summed E-state index contributed by atoms with van der Waals surface area (Å²) in [7, 11) is 0. The first-order valence-corrected chi connectivity index (χ1v) is 9.08. The minimum atomic E-state index is 0.0891. The van der Waals surface area contributed by atoms with Crippen molar-refractivity contribution in [3.8, 4) is 0 Å². The fraction of sp³-hybridized carbons (Fsp3) is 0.571. The van der Waals surface area contributed by atoms with E-state index in [0.717, 1.165) is 24.7 Å². The predicted octanol–water partition coefficient (Wildman–Crippen LogP) is 4.52. The van der Waals surface area contributed by atoms with Gasteiger partial charge in [0.25, 0.3) is 0 Å². The van der Waals surface area contributed by atoms with Crippen LogP contribution in [0, 0.1) is 29.1 Å². The molecule has 112 valence electrons. The van der Waals surface area contributed by atoms with Gasteiger partial charge >= 0.3 is 0 Å². The molecule has 7 rings (SSSR count). The normalized spacial score (nSPS) is 47.1. The lowest BCUT2D eigenvalue weighted by molar-refractivity contribution is -0.121. The molecule has 0 aromatic heterocycles. The topological polar surface area (TPSA) is 17.1 Å². The Labute approximate surface area is 131 Å². The zero-order chi connectivity index (χ0) is 14.6. The molecular formula is C21H22O. The fourth-order valence-electron chi connectivity index (χ4n) is 7.03. The molecule has 7 aliphatic rings. The molecule has 0 N–H and O–H groups in total. The molecular weight excluding hydrogens is 268 g/mol. The highest BCUT2D eigenvalue weighted by atomic mass is 16.1. The Morgan fingerprint density at radius 2 is 2.09 bits per heavy atom. The van der Waals surface area contributed by atoms with Crippen molar-refractivity contribution in [2.45, 2.75) is 45.4 Å². The van der Waals surface area contributed by atoms with Crippen LogP contribution in [0.1, 0.15) is 45.4 Å². The van der Waals surface area contributed by atoms with Gasteiger partial charge in [-0.25, -0.2) is 0 Å². The quantitative estimate of drug-likeness (QED) is 0.599. The lowest BCUT2D eigenvalue weighted by Gasteiger charge is -2.40. The summed E-state index contributed by atoms with van der Waals surface area (Å²) in [6.45, 7) is 2.44. The lowest BCUT2D eigenvalue weighted by Crippen LogP contribution is -2.31. The molecule has 5 unspecified atom stereocenters. The lowest BCUT2D eigenvalue weighted by atomic mass is 9.64. The van der Waals surface area contributed by atoms with E-state index in [4.69, 9.17) is 0 Å². The molecule has 0 saturated heterocycles. The highest BCUT2D eigenvalue weighted by molar-refractivity contribution is 5.89. The molecule has 7 aliphatic carbocycles. The minimum absolute atomic E-state index is 0.0891. The highest BCUT2D eigenvalue weighted by Gasteiger charge is 2.59. The molecule has 0 amide bonds.